The van der Waals surface area contributed by atoms with E-state index in [9.17, 15) is 18.0 Å². The summed E-state index contributed by atoms with van der Waals surface area (Å²) in [5.41, 5.74) is 0.893. The first-order chi connectivity index (χ1) is 8.41. The molecule has 0 radical (unpaired) electrons. The third-order valence-corrected chi connectivity index (χ3v) is 2.19. The van der Waals surface area contributed by atoms with Crippen molar-refractivity contribution in [3.63, 3.8) is 0 Å². The van der Waals surface area contributed by atoms with Crippen LogP contribution in [0.15, 0.2) is 30.3 Å². The molecule has 0 aromatic heterocycles. The molecule has 1 aromatic carbocycles. The molecule has 102 valence electrons. The second-order valence-corrected chi connectivity index (χ2v) is 3.52. The molecule has 0 aliphatic rings. The van der Waals surface area contributed by atoms with Crippen molar-refractivity contribution in [2.75, 3.05) is 6.54 Å². The third-order valence-electron chi connectivity index (χ3n) is 2.19. The van der Waals surface area contributed by atoms with E-state index in [1.807, 2.05) is 37.4 Å². The summed E-state index contributed by atoms with van der Waals surface area (Å²) in [6, 6.07) is 9.05. The number of alkyl halides is 3. The highest BCUT2D eigenvalue weighted by Crippen LogP contribution is 2.16. The van der Waals surface area contributed by atoms with E-state index >= 15 is 0 Å². The predicted octanol–water partition coefficient (Wildman–Crippen LogP) is 3.49. The van der Waals surface area contributed by atoms with E-state index in [0.717, 1.165) is 5.56 Å². The van der Waals surface area contributed by atoms with Crippen LogP contribution in [0.3, 0.4) is 0 Å². The molecule has 0 aliphatic carbocycles. The maximum Gasteiger partial charge on any atom is 0.471 e. The largest absolute Gasteiger partial charge is 0.471 e. The molecule has 1 rings (SSSR count). The molecular formula is C13H18F3NO. The summed E-state index contributed by atoms with van der Waals surface area (Å²) in [5, 5.41) is 1.86. The summed E-state index contributed by atoms with van der Waals surface area (Å²) >= 11 is 0. The van der Waals surface area contributed by atoms with Crippen LogP contribution in [0.2, 0.25) is 0 Å². The topological polar surface area (TPSA) is 29.1 Å². The minimum Gasteiger partial charge on any atom is -0.348 e. The lowest BCUT2D eigenvalue weighted by molar-refractivity contribution is -0.173. The Kier molecular flexibility index (Phi) is 7.08. The summed E-state index contributed by atoms with van der Waals surface area (Å²) < 4.78 is 35.7. The molecule has 0 aliphatic heterocycles. The van der Waals surface area contributed by atoms with Crippen LogP contribution in [0.1, 0.15) is 32.3 Å². The summed E-state index contributed by atoms with van der Waals surface area (Å²) in [6.45, 7) is 5.73. The van der Waals surface area contributed by atoms with Crippen LogP contribution in [-0.4, -0.2) is 18.6 Å². The summed E-state index contributed by atoms with van der Waals surface area (Å²) in [5.74, 6) is -2.04. The number of hydrogen-bond acceptors (Lipinski definition) is 1. The maximum absolute atomic E-state index is 11.9. The smallest absolute Gasteiger partial charge is 0.348 e. The predicted molar refractivity (Wildman–Crippen MR) is 65.3 cm³/mol. The Bertz CT molecular complexity index is 349. The van der Waals surface area contributed by atoms with Crippen LogP contribution < -0.4 is 5.32 Å². The number of rotatable bonds is 3. The van der Waals surface area contributed by atoms with Crippen LogP contribution in [0.25, 0.3) is 0 Å². The number of halogens is 3. The fraction of sp³-hybridized carbons (Fsp3) is 0.462. The van der Waals surface area contributed by atoms with Gasteiger partial charge in [0, 0.05) is 6.54 Å². The first-order valence-electron chi connectivity index (χ1n) is 5.81. The van der Waals surface area contributed by atoms with Gasteiger partial charge in [0.2, 0.25) is 0 Å². The first-order valence-corrected chi connectivity index (χ1v) is 5.81. The molecule has 1 amide bonds. The molecule has 1 N–H and O–H groups in total. The Morgan fingerprint density at radius 2 is 1.72 bits per heavy atom. The highest BCUT2D eigenvalue weighted by atomic mass is 19.4. The van der Waals surface area contributed by atoms with Gasteiger partial charge in [0.1, 0.15) is 0 Å². The molecule has 5 heteroatoms. The average Bonchev–Trinajstić information content (AvgIpc) is 2.37. The Morgan fingerprint density at radius 1 is 1.22 bits per heavy atom. The minimum absolute atomic E-state index is 0.0254. The van der Waals surface area contributed by atoms with Crippen molar-refractivity contribution in [2.24, 2.45) is 0 Å². The maximum atomic E-state index is 11.9. The molecule has 0 bridgehead atoms. The molecule has 1 aromatic rings. The first kappa shape index (κ1) is 16.5. The lowest BCUT2D eigenvalue weighted by atomic mass is 10.0. The van der Waals surface area contributed by atoms with Crippen molar-refractivity contribution in [3.05, 3.63) is 35.9 Å². The monoisotopic (exact) mass is 261 g/mol. The minimum atomic E-state index is -4.81. The van der Waals surface area contributed by atoms with Gasteiger partial charge >= 0.3 is 12.1 Å². The molecule has 18 heavy (non-hydrogen) atoms. The van der Waals surface area contributed by atoms with Gasteiger partial charge in [0.25, 0.3) is 0 Å². The van der Waals surface area contributed by atoms with Crippen LogP contribution in [0.5, 0.6) is 0 Å². The lowest BCUT2D eigenvalue weighted by Crippen LogP contribution is -2.38. The van der Waals surface area contributed by atoms with Crippen molar-refractivity contribution in [1.82, 2.24) is 5.32 Å². The molecular weight excluding hydrogens is 243 g/mol. The molecule has 0 saturated heterocycles. The molecule has 2 nitrogen and oxygen atoms in total. The van der Waals surface area contributed by atoms with Crippen molar-refractivity contribution in [1.29, 1.82) is 0 Å². The Labute approximate surface area is 105 Å². The van der Waals surface area contributed by atoms with Gasteiger partial charge in [0.05, 0.1) is 0 Å². The van der Waals surface area contributed by atoms with Crippen LogP contribution in [-0.2, 0) is 4.79 Å². The van der Waals surface area contributed by atoms with Crippen molar-refractivity contribution in [2.45, 2.75) is 32.9 Å². The van der Waals surface area contributed by atoms with Crippen molar-refractivity contribution < 1.29 is 18.0 Å². The number of nitrogens with one attached hydrogen (secondary N) is 1. The van der Waals surface area contributed by atoms with Gasteiger partial charge in [-0.05, 0) is 11.5 Å². The Hall–Kier alpha value is -1.52. The van der Waals surface area contributed by atoms with E-state index in [1.54, 1.807) is 19.1 Å². The molecule has 0 fully saturated rings. The fourth-order valence-corrected chi connectivity index (χ4v) is 1.25. The molecule has 1 unspecified atom stereocenters. The zero-order valence-electron chi connectivity index (χ0n) is 10.7. The summed E-state index contributed by atoms with van der Waals surface area (Å²) in [4.78, 5) is 10.6. The molecule has 0 saturated carbocycles. The van der Waals surface area contributed by atoms with Gasteiger partial charge in [0.15, 0.2) is 0 Å². The number of carbonyl (C=O) groups is 1. The van der Waals surface area contributed by atoms with E-state index in [1.165, 1.54) is 0 Å². The zero-order valence-corrected chi connectivity index (χ0v) is 10.7. The van der Waals surface area contributed by atoms with Gasteiger partial charge in [-0.15, -0.1) is 0 Å². The fourth-order valence-electron chi connectivity index (χ4n) is 1.25. The second kappa shape index (κ2) is 7.74. The highest BCUT2D eigenvalue weighted by Gasteiger charge is 2.38. The molecule has 0 spiro atoms. The van der Waals surface area contributed by atoms with E-state index in [-0.39, 0.29) is 12.5 Å². The van der Waals surface area contributed by atoms with Crippen LogP contribution >= 0.6 is 0 Å². The number of carbonyl (C=O) groups excluding carboxylic acids is 1. The normalized spacial score (nSPS) is 12.1. The zero-order chi connectivity index (χ0) is 14.2. The Balaban J connectivity index is 0.00000137. The lowest BCUT2D eigenvalue weighted by Gasteiger charge is -2.13. The SMILES string of the molecule is CC.CC(CNC(=O)C(F)(F)F)c1ccccc1. The quantitative estimate of drug-likeness (QED) is 0.886. The van der Waals surface area contributed by atoms with E-state index in [2.05, 4.69) is 0 Å². The standard InChI is InChI=1S/C11H12F3NO.C2H6/c1-8(9-5-3-2-4-6-9)7-15-10(16)11(12,13)14;1-2/h2-6,8H,7H2,1H3,(H,15,16);1-2H3. The van der Waals surface area contributed by atoms with Crippen LogP contribution in [0, 0.1) is 0 Å². The van der Waals surface area contributed by atoms with E-state index in [0.29, 0.717) is 0 Å². The Morgan fingerprint density at radius 3 is 2.17 bits per heavy atom. The van der Waals surface area contributed by atoms with Gasteiger partial charge in [-0.1, -0.05) is 51.1 Å². The number of amides is 1. The number of hydrogen-bond donors (Lipinski definition) is 1. The summed E-state index contributed by atoms with van der Waals surface area (Å²) in [6.07, 6.45) is -4.81. The van der Waals surface area contributed by atoms with Gasteiger partial charge in [-0.3, -0.25) is 4.79 Å². The highest BCUT2D eigenvalue weighted by molar-refractivity contribution is 5.81. The summed E-state index contributed by atoms with van der Waals surface area (Å²) in [7, 11) is 0. The third kappa shape index (κ3) is 5.70. The average molecular weight is 261 g/mol. The van der Waals surface area contributed by atoms with Gasteiger partial charge in [-0.2, -0.15) is 13.2 Å². The number of benzene rings is 1. The van der Waals surface area contributed by atoms with Crippen LogP contribution in [0.4, 0.5) is 13.2 Å². The second-order valence-electron chi connectivity index (χ2n) is 3.52. The molecule has 1 atom stereocenters. The van der Waals surface area contributed by atoms with E-state index in [4.69, 9.17) is 0 Å². The van der Waals surface area contributed by atoms with Crippen molar-refractivity contribution >= 4 is 5.91 Å². The van der Waals surface area contributed by atoms with Gasteiger partial charge < -0.3 is 5.32 Å². The van der Waals surface area contributed by atoms with E-state index < -0.39 is 12.1 Å². The van der Waals surface area contributed by atoms with Crippen molar-refractivity contribution in [3.8, 4) is 0 Å². The van der Waals surface area contributed by atoms with Gasteiger partial charge in [-0.25, -0.2) is 0 Å². The molecule has 0 heterocycles.